The summed E-state index contributed by atoms with van der Waals surface area (Å²) in [6.45, 7) is 0. The Hall–Kier alpha value is -1.02. The van der Waals surface area contributed by atoms with Crippen LogP contribution < -0.4 is 10.6 Å². The van der Waals surface area contributed by atoms with Crippen molar-refractivity contribution in [3.05, 3.63) is 0 Å². The number of amides is 2. The number of hydrogen-bond acceptors (Lipinski definition) is 5. The summed E-state index contributed by atoms with van der Waals surface area (Å²) in [5, 5.41) is 4.64. The molecule has 2 aliphatic rings. The summed E-state index contributed by atoms with van der Waals surface area (Å²) in [7, 11) is -3.10. The molecular formula is C8H10N2O4S2. The molecule has 6 nitrogen and oxygen atoms in total. The van der Waals surface area contributed by atoms with Crippen molar-refractivity contribution >= 4 is 39.0 Å². The summed E-state index contributed by atoms with van der Waals surface area (Å²) in [6.07, 6.45) is 0.348. The third-order valence-corrected chi connectivity index (χ3v) is 4.78. The van der Waals surface area contributed by atoms with Crippen molar-refractivity contribution in [1.29, 1.82) is 0 Å². The van der Waals surface area contributed by atoms with Gasteiger partial charge in [0.25, 0.3) is 0 Å². The monoisotopic (exact) mass is 262 g/mol. The second-order valence-electron chi connectivity index (χ2n) is 3.95. The summed E-state index contributed by atoms with van der Waals surface area (Å²) in [5.41, 5.74) is 0. The number of carbonyl (C=O) groups excluding carboxylic acids is 2. The number of carbonyl (C=O) groups is 2. The molecule has 88 valence electrons. The van der Waals surface area contributed by atoms with Gasteiger partial charge in [0.1, 0.15) is 5.92 Å². The van der Waals surface area contributed by atoms with Crippen molar-refractivity contribution in [1.82, 2.24) is 10.6 Å². The van der Waals surface area contributed by atoms with E-state index in [1.807, 2.05) is 0 Å². The topological polar surface area (TPSA) is 92.3 Å². The Bertz CT molecular complexity index is 450. The fourth-order valence-electron chi connectivity index (χ4n) is 2.04. The number of sulfone groups is 1. The van der Waals surface area contributed by atoms with Gasteiger partial charge in [0.2, 0.25) is 11.8 Å². The highest BCUT2D eigenvalue weighted by molar-refractivity contribution is 7.91. The Morgan fingerprint density at radius 2 is 1.75 bits per heavy atom. The van der Waals surface area contributed by atoms with Crippen molar-refractivity contribution in [3.63, 3.8) is 0 Å². The summed E-state index contributed by atoms with van der Waals surface area (Å²) in [6, 6.07) is 0. The quantitative estimate of drug-likeness (QED) is 0.446. The maximum absolute atomic E-state index is 11.6. The molecule has 0 spiro atoms. The fraction of sp³-hybridized carbons (Fsp3) is 0.625. The SMILES string of the molecule is O=C1NC(=S)NC(=O)C1[C@H]1CCS(=O)(=O)C1. The second-order valence-corrected chi connectivity index (χ2v) is 6.59. The molecule has 0 aliphatic carbocycles. The molecule has 16 heavy (non-hydrogen) atoms. The van der Waals surface area contributed by atoms with Crippen molar-refractivity contribution in [2.24, 2.45) is 11.8 Å². The highest BCUT2D eigenvalue weighted by Crippen LogP contribution is 2.27. The van der Waals surface area contributed by atoms with Gasteiger partial charge in [-0.05, 0) is 24.6 Å². The number of thiocarbonyl (C=S) groups is 1. The third-order valence-electron chi connectivity index (χ3n) is 2.78. The zero-order chi connectivity index (χ0) is 11.9. The standard InChI is InChI=1S/C8H10N2O4S2/c11-6-5(7(12)10-8(15)9-6)4-1-2-16(13,14)3-4/h4-5H,1-3H2,(H2,9,10,11,12,15)/t4-/m0/s1. The first kappa shape index (κ1) is 11.5. The van der Waals surface area contributed by atoms with Gasteiger partial charge in [0.05, 0.1) is 11.5 Å². The second kappa shape index (κ2) is 3.77. The van der Waals surface area contributed by atoms with E-state index >= 15 is 0 Å². The molecule has 0 unspecified atom stereocenters. The number of hydrogen-bond donors (Lipinski definition) is 2. The van der Waals surface area contributed by atoms with E-state index in [1.54, 1.807) is 0 Å². The Balaban J connectivity index is 2.18. The lowest BCUT2D eigenvalue weighted by atomic mass is 9.89. The molecule has 0 aromatic heterocycles. The van der Waals surface area contributed by atoms with Crippen LogP contribution in [-0.2, 0) is 19.4 Å². The van der Waals surface area contributed by atoms with Crippen molar-refractivity contribution in [2.45, 2.75) is 6.42 Å². The first-order valence-corrected chi connectivity index (χ1v) is 6.98. The maximum atomic E-state index is 11.6. The van der Waals surface area contributed by atoms with Crippen LogP contribution in [0.1, 0.15) is 6.42 Å². The first-order chi connectivity index (χ1) is 7.39. The maximum Gasteiger partial charge on any atom is 0.239 e. The number of nitrogens with one attached hydrogen (secondary N) is 2. The van der Waals surface area contributed by atoms with Crippen molar-refractivity contribution in [3.8, 4) is 0 Å². The Kier molecular flexibility index (Phi) is 2.70. The van der Waals surface area contributed by atoms with E-state index < -0.39 is 33.5 Å². The Morgan fingerprint density at radius 3 is 2.19 bits per heavy atom. The third kappa shape index (κ3) is 2.07. The Morgan fingerprint density at radius 1 is 1.19 bits per heavy atom. The summed E-state index contributed by atoms with van der Waals surface area (Å²) in [5.74, 6) is -2.45. The normalized spacial score (nSPS) is 30.0. The highest BCUT2D eigenvalue weighted by Gasteiger charge is 2.43. The predicted octanol–water partition coefficient (Wildman–Crippen LogP) is -1.43. The average Bonchev–Trinajstić information content (AvgIpc) is 2.44. The molecule has 2 amide bonds. The van der Waals surface area contributed by atoms with Crippen LogP contribution in [0.3, 0.4) is 0 Å². The minimum Gasteiger partial charge on any atom is -0.302 e. The summed E-state index contributed by atoms with van der Waals surface area (Å²) >= 11 is 4.65. The van der Waals surface area contributed by atoms with Crippen LogP contribution in [0.4, 0.5) is 0 Å². The molecule has 0 radical (unpaired) electrons. The van der Waals surface area contributed by atoms with Crippen LogP contribution in [-0.4, -0.2) is 36.9 Å². The molecule has 2 aliphatic heterocycles. The molecule has 0 bridgehead atoms. The van der Waals surface area contributed by atoms with Gasteiger partial charge in [-0.15, -0.1) is 0 Å². The first-order valence-electron chi connectivity index (χ1n) is 4.75. The largest absolute Gasteiger partial charge is 0.302 e. The smallest absolute Gasteiger partial charge is 0.239 e. The molecule has 1 atom stereocenters. The lowest BCUT2D eigenvalue weighted by Gasteiger charge is -2.25. The fourth-order valence-corrected chi connectivity index (χ4v) is 4.09. The van der Waals surface area contributed by atoms with Crippen molar-refractivity contribution < 1.29 is 18.0 Å². The molecule has 2 heterocycles. The van der Waals surface area contributed by atoms with Crippen LogP contribution in [0.5, 0.6) is 0 Å². The minimum atomic E-state index is -3.10. The van der Waals surface area contributed by atoms with Gasteiger partial charge in [0, 0.05) is 0 Å². The van der Waals surface area contributed by atoms with Crippen LogP contribution >= 0.6 is 12.2 Å². The van der Waals surface area contributed by atoms with E-state index in [2.05, 4.69) is 22.9 Å². The van der Waals surface area contributed by atoms with E-state index in [0.717, 1.165) is 0 Å². The van der Waals surface area contributed by atoms with Gasteiger partial charge in [-0.2, -0.15) is 0 Å². The molecule has 2 rings (SSSR count). The molecule has 2 saturated heterocycles. The molecule has 0 saturated carbocycles. The Labute approximate surface area is 97.7 Å². The van der Waals surface area contributed by atoms with Gasteiger partial charge < -0.3 is 10.6 Å². The van der Waals surface area contributed by atoms with E-state index in [1.165, 1.54) is 0 Å². The van der Waals surface area contributed by atoms with Gasteiger partial charge in [-0.3, -0.25) is 9.59 Å². The van der Waals surface area contributed by atoms with Crippen LogP contribution in [0.25, 0.3) is 0 Å². The molecule has 0 aromatic rings. The van der Waals surface area contributed by atoms with Gasteiger partial charge in [0.15, 0.2) is 14.9 Å². The van der Waals surface area contributed by atoms with Crippen molar-refractivity contribution in [2.75, 3.05) is 11.5 Å². The molecule has 0 aromatic carbocycles. The van der Waals surface area contributed by atoms with E-state index in [0.29, 0.717) is 6.42 Å². The van der Waals surface area contributed by atoms with Gasteiger partial charge >= 0.3 is 0 Å². The van der Waals surface area contributed by atoms with Gasteiger partial charge in [-0.1, -0.05) is 0 Å². The lowest BCUT2D eigenvalue weighted by molar-refractivity contribution is -0.137. The number of rotatable bonds is 1. The summed E-state index contributed by atoms with van der Waals surface area (Å²) < 4.78 is 22.5. The highest BCUT2D eigenvalue weighted by atomic mass is 32.2. The lowest BCUT2D eigenvalue weighted by Crippen LogP contribution is -2.57. The molecule has 2 N–H and O–H groups in total. The van der Waals surface area contributed by atoms with Gasteiger partial charge in [-0.25, -0.2) is 8.42 Å². The van der Waals surface area contributed by atoms with Crippen LogP contribution in [0, 0.1) is 11.8 Å². The zero-order valence-corrected chi connectivity index (χ0v) is 9.86. The summed E-state index contributed by atoms with van der Waals surface area (Å²) in [4.78, 5) is 23.1. The van der Waals surface area contributed by atoms with E-state index in [4.69, 9.17) is 0 Å². The molecular weight excluding hydrogens is 252 g/mol. The molecule has 2 fully saturated rings. The van der Waals surface area contributed by atoms with E-state index in [9.17, 15) is 18.0 Å². The van der Waals surface area contributed by atoms with Crippen LogP contribution in [0.2, 0.25) is 0 Å². The van der Waals surface area contributed by atoms with Crippen LogP contribution in [0.15, 0.2) is 0 Å². The predicted molar refractivity (Wildman–Crippen MR) is 59.1 cm³/mol. The zero-order valence-electron chi connectivity index (χ0n) is 8.23. The average molecular weight is 262 g/mol. The van der Waals surface area contributed by atoms with E-state index in [-0.39, 0.29) is 16.6 Å². The molecule has 8 heteroatoms. The minimum absolute atomic E-state index is 0.0212.